The van der Waals surface area contributed by atoms with Gasteiger partial charge in [-0.15, -0.1) is 11.8 Å². The highest BCUT2D eigenvalue weighted by Crippen LogP contribution is 2.31. The Balaban J connectivity index is 1.70. The molecular weight excluding hydrogens is 226 g/mol. The van der Waals surface area contributed by atoms with Crippen LogP contribution in [0.4, 0.5) is 0 Å². The topological polar surface area (TPSA) is 12.0 Å². The lowest BCUT2D eigenvalue weighted by Gasteiger charge is -2.24. The van der Waals surface area contributed by atoms with Crippen molar-refractivity contribution in [2.75, 3.05) is 12.3 Å². The molecule has 2 heteroatoms. The maximum absolute atomic E-state index is 3.64. The monoisotopic (exact) mass is 247 g/mol. The van der Waals surface area contributed by atoms with E-state index in [1.165, 1.54) is 56.4 Å². The highest BCUT2D eigenvalue weighted by molar-refractivity contribution is 7.99. The molecule has 1 aromatic carbocycles. The Hall–Kier alpha value is -0.470. The first-order valence-corrected chi connectivity index (χ1v) is 7.88. The second-order valence-electron chi connectivity index (χ2n) is 5.25. The van der Waals surface area contributed by atoms with Gasteiger partial charge in [0.15, 0.2) is 0 Å². The van der Waals surface area contributed by atoms with E-state index >= 15 is 0 Å². The highest BCUT2D eigenvalue weighted by Gasteiger charge is 2.15. The van der Waals surface area contributed by atoms with E-state index in [0.717, 1.165) is 6.04 Å². The number of hydrogen-bond acceptors (Lipinski definition) is 2. The summed E-state index contributed by atoms with van der Waals surface area (Å²) in [4.78, 5) is 1.55. The molecule has 2 heterocycles. The summed E-state index contributed by atoms with van der Waals surface area (Å²) in [6.45, 7) is 1.21. The van der Waals surface area contributed by atoms with Crippen molar-refractivity contribution in [1.82, 2.24) is 5.32 Å². The fourth-order valence-corrected chi connectivity index (χ4v) is 3.99. The minimum absolute atomic E-state index is 0.718. The molecule has 1 saturated heterocycles. The molecule has 1 aromatic rings. The average molecular weight is 247 g/mol. The highest BCUT2D eigenvalue weighted by atomic mass is 32.2. The van der Waals surface area contributed by atoms with Crippen LogP contribution in [-0.4, -0.2) is 18.3 Å². The van der Waals surface area contributed by atoms with Crippen LogP contribution in [0.2, 0.25) is 0 Å². The number of nitrogens with one attached hydrogen (secondary N) is 1. The smallest absolute Gasteiger partial charge is 0.0107 e. The molecular formula is C15H21NS. The van der Waals surface area contributed by atoms with Crippen LogP contribution in [-0.2, 0) is 12.8 Å². The van der Waals surface area contributed by atoms with Crippen molar-refractivity contribution >= 4 is 11.8 Å². The third-order valence-corrected chi connectivity index (χ3v) is 5.06. The van der Waals surface area contributed by atoms with Crippen molar-refractivity contribution in [2.24, 2.45) is 0 Å². The quantitative estimate of drug-likeness (QED) is 0.859. The molecule has 0 aromatic heterocycles. The number of fused-ring (bicyclic) bond motifs is 1. The van der Waals surface area contributed by atoms with Crippen LogP contribution in [0.25, 0.3) is 0 Å². The van der Waals surface area contributed by atoms with Gasteiger partial charge in [-0.2, -0.15) is 0 Å². The number of rotatable bonds is 2. The Labute approximate surface area is 108 Å². The van der Waals surface area contributed by atoms with Gasteiger partial charge in [0.1, 0.15) is 0 Å². The van der Waals surface area contributed by atoms with E-state index in [-0.39, 0.29) is 0 Å². The molecule has 1 atom stereocenters. The van der Waals surface area contributed by atoms with Gasteiger partial charge in [-0.3, -0.25) is 0 Å². The Morgan fingerprint density at radius 3 is 3.12 bits per heavy atom. The third-order valence-electron chi connectivity index (χ3n) is 3.87. The third kappa shape index (κ3) is 2.86. The Kier molecular flexibility index (Phi) is 3.72. The summed E-state index contributed by atoms with van der Waals surface area (Å²) in [6.07, 6.45) is 7.96. The van der Waals surface area contributed by atoms with Crippen LogP contribution in [0.15, 0.2) is 23.1 Å². The molecule has 2 aliphatic rings. The minimum Gasteiger partial charge on any atom is -0.314 e. The van der Waals surface area contributed by atoms with E-state index < -0.39 is 0 Å². The Morgan fingerprint density at radius 1 is 1.24 bits per heavy atom. The second kappa shape index (κ2) is 5.45. The van der Waals surface area contributed by atoms with Gasteiger partial charge in [0.2, 0.25) is 0 Å². The largest absolute Gasteiger partial charge is 0.314 e. The molecule has 1 unspecified atom stereocenters. The SMILES string of the molecule is c1cc2c(cc1CC1CCCCN1)SCCC2. The fourth-order valence-electron chi connectivity index (χ4n) is 2.89. The Morgan fingerprint density at radius 2 is 2.24 bits per heavy atom. The molecule has 92 valence electrons. The van der Waals surface area contributed by atoms with Gasteiger partial charge < -0.3 is 5.32 Å². The van der Waals surface area contributed by atoms with Gasteiger partial charge in [0.25, 0.3) is 0 Å². The van der Waals surface area contributed by atoms with Crippen molar-refractivity contribution < 1.29 is 0 Å². The standard InChI is InChI=1S/C15H21NS/c1-2-8-16-14(5-1)10-12-6-7-13-4-3-9-17-15(13)11-12/h6-7,11,14,16H,1-5,8-10H2. The summed E-state index contributed by atoms with van der Waals surface area (Å²) in [5.41, 5.74) is 3.10. The Bertz CT molecular complexity index is 383. The molecule has 3 rings (SSSR count). The van der Waals surface area contributed by atoms with E-state index in [9.17, 15) is 0 Å². The van der Waals surface area contributed by atoms with E-state index in [1.54, 1.807) is 10.5 Å². The molecule has 17 heavy (non-hydrogen) atoms. The van der Waals surface area contributed by atoms with E-state index in [1.807, 2.05) is 11.8 Å². The molecule has 0 amide bonds. The van der Waals surface area contributed by atoms with Crippen molar-refractivity contribution in [3.05, 3.63) is 29.3 Å². The lowest BCUT2D eigenvalue weighted by Crippen LogP contribution is -2.35. The molecule has 2 aliphatic heterocycles. The normalized spacial score (nSPS) is 24.4. The van der Waals surface area contributed by atoms with E-state index in [0.29, 0.717) is 0 Å². The first kappa shape index (κ1) is 11.6. The average Bonchev–Trinajstić information content (AvgIpc) is 2.40. The van der Waals surface area contributed by atoms with Gasteiger partial charge in [-0.25, -0.2) is 0 Å². The zero-order valence-electron chi connectivity index (χ0n) is 10.4. The van der Waals surface area contributed by atoms with Crippen molar-refractivity contribution in [1.29, 1.82) is 0 Å². The first-order chi connectivity index (χ1) is 8.42. The molecule has 0 aliphatic carbocycles. The van der Waals surface area contributed by atoms with Gasteiger partial charge in [0.05, 0.1) is 0 Å². The summed E-state index contributed by atoms with van der Waals surface area (Å²) >= 11 is 2.04. The number of piperidine rings is 1. The zero-order valence-corrected chi connectivity index (χ0v) is 11.2. The molecule has 0 radical (unpaired) electrons. The predicted octanol–water partition coefficient (Wildman–Crippen LogP) is 3.41. The van der Waals surface area contributed by atoms with Crippen LogP contribution in [0, 0.1) is 0 Å². The van der Waals surface area contributed by atoms with Crippen LogP contribution in [0.5, 0.6) is 0 Å². The zero-order chi connectivity index (χ0) is 11.5. The molecule has 0 spiro atoms. The summed E-state index contributed by atoms with van der Waals surface area (Å²) < 4.78 is 0. The van der Waals surface area contributed by atoms with Crippen molar-refractivity contribution in [2.45, 2.75) is 49.5 Å². The molecule has 0 saturated carbocycles. The molecule has 0 bridgehead atoms. The van der Waals surface area contributed by atoms with Crippen molar-refractivity contribution in [3.63, 3.8) is 0 Å². The minimum atomic E-state index is 0.718. The van der Waals surface area contributed by atoms with Crippen LogP contribution in [0.1, 0.15) is 36.8 Å². The van der Waals surface area contributed by atoms with Gasteiger partial charge in [0, 0.05) is 10.9 Å². The molecule has 1 nitrogen and oxygen atoms in total. The second-order valence-corrected chi connectivity index (χ2v) is 6.38. The van der Waals surface area contributed by atoms with E-state index in [4.69, 9.17) is 0 Å². The number of thioether (sulfide) groups is 1. The lowest BCUT2D eigenvalue weighted by molar-refractivity contribution is 0.399. The lowest BCUT2D eigenvalue weighted by atomic mass is 9.96. The van der Waals surface area contributed by atoms with Crippen LogP contribution < -0.4 is 5.32 Å². The summed E-state index contributed by atoms with van der Waals surface area (Å²) in [7, 11) is 0. The van der Waals surface area contributed by atoms with Crippen LogP contribution in [0.3, 0.4) is 0 Å². The first-order valence-electron chi connectivity index (χ1n) is 6.90. The van der Waals surface area contributed by atoms with Crippen molar-refractivity contribution in [3.8, 4) is 0 Å². The predicted molar refractivity (Wildman–Crippen MR) is 74.8 cm³/mol. The van der Waals surface area contributed by atoms with Crippen LogP contribution >= 0.6 is 11.8 Å². The van der Waals surface area contributed by atoms with Gasteiger partial charge in [-0.05, 0) is 61.6 Å². The number of benzene rings is 1. The number of aryl methyl sites for hydroxylation is 1. The van der Waals surface area contributed by atoms with Gasteiger partial charge >= 0.3 is 0 Å². The summed E-state index contributed by atoms with van der Waals surface area (Å²) in [5, 5.41) is 3.64. The number of hydrogen-bond donors (Lipinski definition) is 1. The molecule has 1 N–H and O–H groups in total. The summed E-state index contributed by atoms with van der Waals surface area (Å²) in [6, 6.07) is 7.87. The molecule has 1 fully saturated rings. The maximum Gasteiger partial charge on any atom is 0.0107 e. The maximum atomic E-state index is 3.64. The fraction of sp³-hybridized carbons (Fsp3) is 0.600. The summed E-state index contributed by atoms with van der Waals surface area (Å²) in [5.74, 6) is 1.30. The van der Waals surface area contributed by atoms with Gasteiger partial charge in [-0.1, -0.05) is 18.6 Å². The van der Waals surface area contributed by atoms with E-state index in [2.05, 4.69) is 23.5 Å².